The molecular weight excluding hydrogens is 395 g/mol. The molecule has 0 heterocycles. The molecular formula is C17H29IO4. The van der Waals surface area contributed by atoms with Gasteiger partial charge in [-0.2, -0.15) is 0 Å². The SMILES string of the molecule is CCCCCC/C(=C\I)C(C)C(C(=O)OCC)C(=O)OCC. The minimum absolute atomic E-state index is 0.198. The Hall–Kier alpha value is -0.590. The van der Waals surface area contributed by atoms with E-state index >= 15 is 0 Å². The van der Waals surface area contributed by atoms with E-state index in [0.717, 1.165) is 18.4 Å². The monoisotopic (exact) mass is 424 g/mol. The zero-order valence-corrected chi connectivity index (χ0v) is 16.4. The van der Waals surface area contributed by atoms with Crippen LogP contribution >= 0.6 is 22.6 Å². The van der Waals surface area contributed by atoms with Gasteiger partial charge >= 0.3 is 11.9 Å². The Bertz CT molecular complexity index is 348. The molecule has 0 rings (SSSR count). The lowest BCUT2D eigenvalue weighted by atomic mass is 9.85. The lowest BCUT2D eigenvalue weighted by Crippen LogP contribution is -2.34. The fourth-order valence-corrected chi connectivity index (χ4v) is 3.20. The third-order valence-corrected chi connectivity index (χ3v) is 4.43. The van der Waals surface area contributed by atoms with E-state index in [1.165, 1.54) is 19.3 Å². The molecule has 22 heavy (non-hydrogen) atoms. The molecule has 0 N–H and O–H groups in total. The van der Waals surface area contributed by atoms with Gasteiger partial charge in [0.05, 0.1) is 13.2 Å². The van der Waals surface area contributed by atoms with Crippen LogP contribution in [-0.4, -0.2) is 25.2 Å². The van der Waals surface area contributed by atoms with E-state index in [2.05, 4.69) is 29.5 Å². The summed E-state index contributed by atoms with van der Waals surface area (Å²) in [7, 11) is 0. The summed E-state index contributed by atoms with van der Waals surface area (Å²) in [5, 5.41) is 0. The van der Waals surface area contributed by atoms with Crippen molar-refractivity contribution in [1.82, 2.24) is 0 Å². The van der Waals surface area contributed by atoms with Crippen molar-refractivity contribution >= 4 is 34.5 Å². The molecule has 4 nitrogen and oxygen atoms in total. The van der Waals surface area contributed by atoms with Crippen LogP contribution in [0.1, 0.15) is 59.8 Å². The fraction of sp³-hybridized carbons (Fsp3) is 0.765. The minimum atomic E-state index is -0.868. The van der Waals surface area contributed by atoms with Crippen molar-refractivity contribution in [3.63, 3.8) is 0 Å². The smallest absolute Gasteiger partial charge is 0.320 e. The molecule has 0 bridgehead atoms. The van der Waals surface area contributed by atoms with E-state index in [1.807, 2.05) is 11.0 Å². The number of allylic oxidation sites excluding steroid dienone is 1. The standard InChI is InChI=1S/C17H29IO4/c1-5-8-9-10-11-14(12-18)13(4)15(16(19)21-6-2)17(20)22-7-3/h12-13,15H,5-11H2,1-4H3/b14-12+. The summed E-state index contributed by atoms with van der Waals surface area (Å²) in [6.45, 7) is 8.09. The number of hydrogen-bond donors (Lipinski definition) is 0. The van der Waals surface area contributed by atoms with Crippen LogP contribution in [0.4, 0.5) is 0 Å². The van der Waals surface area contributed by atoms with Crippen LogP contribution < -0.4 is 0 Å². The molecule has 0 aromatic rings. The molecule has 0 amide bonds. The predicted molar refractivity (Wildman–Crippen MR) is 96.8 cm³/mol. The molecule has 5 heteroatoms. The van der Waals surface area contributed by atoms with Gasteiger partial charge in [0.15, 0.2) is 5.92 Å². The summed E-state index contributed by atoms with van der Waals surface area (Å²) in [6.07, 6.45) is 5.54. The zero-order chi connectivity index (χ0) is 17.0. The van der Waals surface area contributed by atoms with Crippen LogP contribution in [0, 0.1) is 11.8 Å². The van der Waals surface area contributed by atoms with Crippen LogP contribution in [0.25, 0.3) is 0 Å². The van der Waals surface area contributed by atoms with Gasteiger partial charge in [-0.05, 0) is 30.8 Å². The minimum Gasteiger partial charge on any atom is -0.465 e. The van der Waals surface area contributed by atoms with Crippen LogP contribution in [0.5, 0.6) is 0 Å². The molecule has 0 aromatic heterocycles. The lowest BCUT2D eigenvalue weighted by Gasteiger charge is -2.23. The van der Waals surface area contributed by atoms with Crippen LogP contribution in [0.15, 0.2) is 9.66 Å². The van der Waals surface area contributed by atoms with Crippen molar-refractivity contribution in [3.05, 3.63) is 9.66 Å². The fourth-order valence-electron chi connectivity index (χ4n) is 2.32. The Morgan fingerprint density at radius 2 is 1.55 bits per heavy atom. The van der Waals surface area contributed by atoms with Crippen molar-refractivity contribution in [2.24, 2.45) is 11.8 Å². The summed E-state index contributed by atoms with van der Waals surface area (Å²) in [6, 6.07) is 0. The number of rotatable bonds is 11. The molecule has 0 radical (unpaired) electrons. The first kappa shape index (κ1) is 21.4. The van der Waals surface area contributed by atoms with Crippen molar-refractivity contribution < 1.29 is 19.1 Å². The normalized spacial score (nSPS) is 13.1. The van der Waals surface area contributed by atoms with Gasteiger partial charge in [0, 0.05) is 5.92 Å². The van der Waals surface area contributed by atoms with Crippen LogP contribution in [0.2, 0.25) is 0 Å². The number of hydrogen-bond acceptors (Lipinski definition) is 4. The Morgan fingerprint density at radius 1 is 1.00 bits per heavy atom. The Kier molecular flexibility index (Phi) is 12.6. The average Bonchev–Trinajstić information content (AvgIpc) is 2.48. The Balaban J connectivity index is 4.93. The third-order valence-electron chi connectivity index (χ3n) is 3.63. The van der Waals surface area contributed by atoms with Gasteiger partial charge in [0.25, 0.3) is 0 Å². The topological polar surface area (TPSA) is 52.6 Å². The van der Waals surface area contributed by atoms with Gasteiger partial charge < -0.3 is 9.47 Å². The highest BCUT2D eigenvalue weighted by molar-refractivity contribution is 14.1. The summed E-state index contributed by atoms with van der Waals surface area (Å²) in [4.78, 5) is 24.3. The number of ether oxygens (including phenoxy) is 2. The maximum atomic E-state index is 12.1. The highest BCUT2D eigenvalue weighted by atomic mass is 127. The lowest BCUT2D eigenvalue weighted by molar-refractivity contribution is -0.163. The van der Waals surface area contributed by atoms with Crippen LogP contribution in [-0.2, 0) is 19.1 Å². The molecule has 1 atom stereocenters. The summed E-state index contributed by atoms with van der Waals surface area (Å²) in [5.74, 6) is -2.04. The molecule has 0 spiro atoms. The van der Waals surface area contributed by atoms with E-state index in [4.69, 9.17) is 9.47 Å². The van der Waals surface area contributed by atoms with Gasteiger partial charge in [0.1, 0.15) is 0 Å². The number of esters is 2. The summed E-state index contributed by atoms with van der Waals surface area (Å²) < 4.78 is 12.1. The molecule has 128 valence electrons. The quantitative estimate of drug-likeness (QED) is 0.210. The molecule has 0 aliphatic rings. The van der Waals surface area contributed by atoms with Crippen molar-refractivity contribution in [3.8, 4) is 0 Å². The molecule has 1 unspecified atom stereocenters. The van der Waals surface area contributed by atoms with E-state index in [1.54, 1.807) is 13.8 Å². The second kappa shape index (κ2) is 12.9. The first-order valence-electron chi connectivity index (χ1n) is 8.15. The van der Waals surface area contributed by atoms with Crippen molar-refractivity contribution in [1.29, 1.82) is 0 Å². The Morgan fingerprint density at radius 3 is 1.95 bits per heavy atom. The largest absolute Gasteiger partial charge is 0.465 e. The number of halogens is 1. The summed E-state index contributed by atoms with van der Waals surface area (Å²) in [5.41, 5.74) is 1.11. The molecule has 0 saturated carbocycles. The highest BCUT2D eigenvalue weighted by Gasteiger charge is 2.36. The molecule has 0 fully saturated rings. The average molecular weight is 424 g/mol. The number of carbonyl (C=O) groups excluding carboxylic acids is 2. The van der Waals surface area contributed by atoms with Gasteiger partial charge in [-0.1, -0.05) is 61.3 Å². The van der Waals surface area contributed by atoms with Crippen LogP contribution in [0.3, 0.4) is 0 Å². The Labute approximate surface area is 148 Å². The van der Waals surface area contributed by atoms with Crippen molar-refractivity contribution in [2.45, 2.75) is 59.8 Å². The maximum Gasteiger partial charge on any atom is 0.320 e. The molecule has 0 aliphatic heterocycles. The molecule has 0 aromatic carbocycles. The highest BCUT2D eigenvalue weighted by Crippen LogP contribution is 2.28. The second-order valence-corrected chi connectivity index (χ2v) is 5.89. The van der Waals surface area contributed by atoms with E-state index in [-0.39, 0.29) is 19.1 Å². The molecule has 0 aliphatic carbocycles. The van der Waals surface area contributed by atoms with Gasteiger partial charge in [-0.15, -0.1) is 0 Å². The molecule has 0 saturated heterocycles. The van der Waals surface area contributed by atoms with Gasteiger partial charge in [-0.3, -0.25) is 9.59 Å². The van der Waals surface area contributed by atoms with E-state index < -0.39 is 17.9 Å². The first-order chi connectivity index (χ1) is 10.5. The third kappa shape index (κ3) is 7.61. The van der Waals surface area contributed by atoms with Crippen molar-refractivity contribution in [2.75, 3.05) is 13.2 Å². The van der Waals surface area contributed by atoms with Gasteiger partial charge in [-0.25, -0.2) is 0 Å². The number of carbonyl (C=O) groups is 2. The second-order valence-electron chi connectivity index (χ2n) is 5.27. The zero-order valence-electron chi connectivity index (χ0n) is 14.2. The maximum absolute atomic E-state index is 12.1. The first-order valence-corrected chi connectivity index (χ1v) is 9.40. The number of unbranched alkanes of at least 4 members (excludes halogenated alkanes) is 3. The van der Waals surface area contributed by atoms with E-state index in [0.29, 0.717) is 0 Å². The van der Waals surface area contributed by atoms with E-state index in [9.17, 15) is 9.59 Å². The summed E-state index contributed by atoms with van der Waals surface area (Å²) >= 11 is 2.18. The van der Waals surface area contributed by atoms with Gasteiger partial charge in [0.2, 0.25) is 0 Å². The predicted octanol–water partition coefficient (Wildman–Crippen LogP) is 4.65.